The first-order chi connectivity index (χ1) is 12.3. The first-order valence-electron chi connectivity index (χ1n) is 8.63. The lowest BCUT2D eigenvalue weighted by Gasteiger charge is -2.23. The molecule has 2 aliphatic heterocycles. The Morgan fingerprint density at radius 1 is 1.04 bits per heavy atom. The monoisotopic (exact) mass is 343 g/mol. The molecule has 0 bridgehead atoms. The maximum atomic E-state index is 13.0. The number of ether oxygens (including phenoxy) is 2. The zero-order chi connectivity index (χ0) is 17.1. The van der Waals surface area contributed by atoms with Crippen LogP contribution in [0, 0.1) is 11.7 Å². The van der Waals surface area contributed by atoms with Crippen LogP contribution in [0.5, 0.6) is 11.5 Å². The van der Waals surface area contributed by atoms with Gasteiger partial charge in [-0.05, 0) is 35.4 Å². The van der Waals surface area contributed by atoms with E-state index >= 15 is 0 Å². The van der Waals surface area contributed by atoms with Crippen molar-refractivity contribution in [1.82, 2.24) is 16.2 Å². The zero-order valence-electron chi connectivity index (χ0n) is 13.9. The van der Waals surface area contributed by atoms with Crippen LogP contribution in [0.3, 0.4) is 0 Å². The fraction of sp³-hybridized carbons (Fsp3) is 0.368. The summed E-state index contributed by atoms with van der Waals surface area (Å²) in [5.41, 5.74) is 8.86. The zero-order valence-corrected chi connectivity index (χ0v) is 13.9. The molecule has 0 aliphatic carbocycles. The van der Waals surface area contributed by atoms with E-state index in [9.17, 15) is 4.39 Å². The number of hydrogen-bond acceptors (Lipinski definition) is 5. The molecule has 2 aromatic rings. The van der Waals surface area contributed by atoms with Crippen molar-refractivity contribution in [2.45, 2.75) is 12.6 Å². The van der Waals surface area contributed by atoms with Gasteiger partial charge in [0.2, 0.25) is 0 Å². The average Bonchev–Trinajstić information content (AvgIpc) is 3.11. The maximum absolute atomic E-state index is 13.0. The molecule has 1 saturated heterocycles. The Kier molecular flexibility index (Phi) is 4.83. The van der Waals surface area contributed by atoms with Crippen molar-refractivity contribution in [3.63, 3.8) is 0 Å². The highest BCUT2D eigenvalue weighted by Gasteiger charge is 2.29. The van der Waals surface area contributed by atoms with Crippen LogP contribution in [0.25, 0.3) is 0 Å². The Morgan fingerprint density at radius 2 is 1.84 bits per heavy atom. The summed E-state index contributed by atoms with van der Waals surface area (Å²) in [7, 11) is 0. The lowest BCUT2D eigenvalue weighted by molar-refractivity contribution is 0.171. The molecule has 1 fully saturated rings. The van der Waals surface area contributed by atoms with Gasteiger partial charge in [-0.2, -0.15) is 0 Å². The van der Waals surface area contributed by atoms with Crippen LogP contribution >= 0.6 is 0 Å². The summed E-state index contributed by atoms with van der Waals surface area (Å²) in [6.45, 7) is 3.66. The van der Waals surface area contributed by atoms with Crippen molar-refractivity contribution in [3.05, 3.63) is 59.4 Å². The molecule has 2 heterocycles. The molecule has 0 saturated carbocycles. The van der Waals surface area contributed by atoms with Gasteiger partial charge < -0.3 is 14.8 Å². The molecular weight excluding hydrogens is 321 g/mol. The van der Waals surface area contributed by atoms with Crippen LogP contribution < -0.4 is 25.6 Å². The minimum atomic E-state index is -0.202. The summed E-state index contributed by atoms with van der Waals surface area (Å²) in [6, 6.07) is 12.9. The number of halogens is 1. The van der Waals surface area contributed by atoms with Gasteiger partial charge in [0.15, 0.2) is 11.5 Å². The summed E-state index contributed by atoms with van der Waals surface area (Å²) in [5.74, 6) is 1.83. The van der Waals surface area contributed by atoms with Crippen molar-refractivity contribution in [2.24, 2.45) is 5.92 Å². The molecule has 0 spiro atoms. The Bertz CT molecular complexity index is 723. The highest BCUT2D eigenvalue weighted by Crippen LogP contribution is 2.35. The number of benzene rings is 2. The SMILES string of the molecule is Fc1ccc(CNCC2CNNC2c2ccc3c(c2)OCCO3)cc1. The molecule has 6 heteroatoms. The minimum absolute atomic E-state index is 0.202. The van der Waals surface area contributed by atoms with Crippen LogP contribution in [0.4, 0.5) is 4.39 Å². The van der Waals surface area contributed by atoms with E-state index in [0.717, 1.165) is 36.7 Å². The minimum Gasteiger partial charge on any atom is -0.486 e. The number of fused-ring (bicyclic) bond motifs is 1. The largest absolute Gasteiger partial charge is 0.486 e. The topological polar surface area (TPSA) is 54.5 Å². The van der Waals surface area contributed by atoms with Gasteiger partial charge in [-0.25, -0.2) is 9.82 Å². The van der Waals surface area contributed by atoms with E-state index in [1.54, 1.807) is 0 Å². The van der Waals surface area contributed by atoms with Gasteiger partial charge in [-0.1, -0.05) is 18.2 Å². The first-order valence-corrected chi connectivity index (χ1v) is 8.63. The predicted molar refractivity (Wildman–Crippen MR) is 92.9 cm³/mol. The first kappa shape index (κ1) is 16.3. The second kappa shape index (κ2) is 7.39. The lowest BCUT2D eigenvalue weighted by Crippen LogP contribution is -2.28. The van der Waals surface area contributed by atoms with Crippen LogP contribution in [0.1, 0.15) is 17.2 Å². The third-order valence-corrected chi connectivity index (χ3v) is 4.67. The van der Waals surface area contributed by atoms with Crippen LogP contribution in [-0.4, -0.2) is 26.3 Å². The van der Waals surface area contributed by atoms with Crippen molar-refractivity contribution in [1.29, 1.82) is 0 Å². The fourth-order valence-corrected chi connectivity index (χ4v) is 3.34. The van der Waals surface area contributed by atoms with E-state index < -0.39 is 0 Å². The van der Waals surface area contributed by atoms with Gasteiger partial charge in [-0.15, -0.1) is 0 Å². The molecule has 0 aromatic heterocycles. The van der Waals surface area contributed by atoms with E-state index in [-0.39, 0.29) is 11.9 Å². The number of hydrazine groups is 1. The van der Waals surface area contributed by atoms with E-state index in [1.165, 1.54) is 17.7 Å². The van der Waals surface area contributed by atoms with Crippen molar-refractivity contribution in [3.8, 4) is 11.5 Å². The molecule has 2 aromatic carbocycles. The maximum Gasteiger partial charge on any atom is 0.161 e. The molecule has 3 N–H and O–H groups in total. The summed E-state index contributed by atoms with van der Waals surface area (Å²) in [5, 5.41) is 3.47. The molecule has 0 amide bonds. The standard InChI is InChI=1S/C19H22FN3O2/c20-16-4-1-13(2-5-16)10-21-11-15-12-22-23-19(15)14-3-6-17-18(9-14)25-8-7-24-17/h1-6,9,15,19,21-23H,7-8,10-12H2. The van der Waals surface area contributed by atoms with Gasteiger partial charge in [0, 0.05) is 25.6 Å². The molecule has 4 rings (SSSR count). The second-order valence-corrected chi connectivity index (χ2v) is 6.42. The summed E-state index contributed by atoms with van der Waals surface area (Å²) < 4.78 is 24.2. The molecule has 2 atom stereocenters. The summed E-state index contributed by atoms with van der Waals surface area (Å²) in [6.07, 6.45) is 0. The lowest BCUT2D eigenvalue weighted by atomic mass is 9.94. The van der Waals surface area contributed by atoms with Crippen LogP contribution in [0.15, 0.2) is 42.5 Å². The van der Waals surface area contributed by atoms with E-state index in [2.05, 4.69) is 28.3 Å². The van der Waals surface area contributed by atoms with Gasteiger partial charge in [0.1, 0.15) is 19.0 Å². The smallest absolute Gasteiger partial charge is 0.161 e. The Balaban J connectivity index is 1.38. The number of hydrogen-bond donors (Lipinski definition) is 3. The van der Waals surface area contributed by atoms with Gasteiger partial charge in [0.25, 0.3) is 0 Å². The quantitative estimate of drug-likeness (QED) is 0.777. The molecule has 2 unspecified atom stereocenters. The third kappa shape index (κ3) is 3.76. The number of rotatable bonds is 5. The van der Waals surface area contributed by atoms with E-state index in [0.29, 0.717) is 19.1 Å². The summed E-state index contributed by atoms with van der Waals surface area (Å²) in [4.78, 5) is 0. The predicted octanol–water partition coefficient (Wildman–Crippen LogP) is 2.15. The molecule has 25 heavy (non-hydrogen) atoms. The Morgan fingerprint density at radius 3 is 2.68 bits per heavy atom. The molecule has 2 aliphatic rings. The highest BCUT2D eigenvalue weighted by atomic mass is 19.1. The fourth-order valence-electron chi connectivity index (χ4n) is 3.34. The normalized spacial score (nSPS) is 22.1. The highest BCUT2D eigenvalue weighted by molar-refractivity contribution is 5.45. The van der Waals surface area contributed by atoms with Crippen molar-refractivity contribution < 1.29 is 13.9 Å². The molecular formula is C19H22FN3O2. The van der Waals surface area contributed by atoms with E-state index in [1.807, 2.05) is 18.2 Å². The van der Waals surface area contributed by atoms with Crippen LogP contribution in [-0.2, 0) is 6.54 Å². The van der Waals surface area contributed by atoms with Crippen molar-refractivity contribution in [2.75, 3.05) is 26.3 Å². The number of nitrogens with one attached hydrogen (secondary N) is 3. The molecule has 5 nitrogen and oxygen atoms in total. The van der Waals surface area contributed by atoms with Crippen LogP contribution in [0.2, 0.25) is 0 Å². The average molecular weight is 343 g/mol. The Hall–Kier alpha value is -2.15. The molecule has 132 valence electrons. The van der Waals surface area contributed by atoms with Gasteiger partial charge in [-0.3, -0.25) is 5.43 Å². The van der Waals surface area contributed by atoms with Crippen molar-refractivity contribution >= 4 is 0 Å². The van der Waals surface area contributed by atoms with Gasteiger partial charge in [0.05, 0.1) is 6.04 Å². The third-order valence-electron chi connectivity index (χ3n) is 4.67. The Labute approximate surface area is 146 Å². The summed E-state index contributed by atoms with van der Waals surface area (Å²) >= 11 is 0. The second-order valence-electron chi connectivity index (χ2n) is 6.42. The van der Waals surface area contributed by atoms with E-state index in [4.69, 9.17) is 9.47 Å². The molecule has 0 radical (unpaired) electrons. The van der Waals surface area contributed by atoms with Gasteiger partial charge >= 0.3 is 0 Å².